The molecule has 4 heteroatoms. The second kappa shape index (κ2) is 6.20. The largest absolute Gasteiger partial charge is 0.318 e. The number of benzene rings is 1. The zero-order chi connectivity index (χ0) is 11.3. The Morgan fingerprint density at radius 3 is 2.87 bits per heavy atom. The standard InChI is InChI=1S/C11H16BrFN2/c1-14-6-7-15(2)8-9-4-3-5-10(12)11(9)13/h3-5,14H,6-8H2,1-2H3. The topological polar surface area (TPSA) is 15.3 Å². The summed E-state index contributed by atoms with van der Waals surface area (Å²) in [4.78, 5) is 2.08. The molecule has 0 saturated carbocycles. The molecule has 84 valence electrons. The molecule has 0 saturated heterocycles. The Morgan fingerprint density at radius 2 is 2.20 bits per heavy atom. The highest BCUT2D eigenvalue weighted by molar-refractivity contribution is 9.10. The maximum Gasteiger partial charge on any atom is 0.141 e. The van der Waals surface area contributed by atoms with Crippen LogP contribution in [-0.2, 0) is 6.54 Å². The van der Waals surface area contributed by atoms with Gasteiger partial charge < -0.3 is 10.2 Å². The summed E-state index contributed by atoms with van der Waals surface area (Å²) in [6, 6.07) is 5.39. The lowest BCUT2D eigenvalue weighted by atomic mass is 10.2. The molecule has 1 aromatic carbocycles. The molecule has 1 aromatic rings. The summed E-state index contributed by atoms with van der Waals surface area (Å²) in [5.41, 5.74) is 0.725. The van der Waals surface area contributed by atoms with Crippen LogP contribution >= 0.6 is 15.9 Å². The molecule has 15 heavy (non-hydrogen) atoms. The molecule has 0 spiro atoms. The van der Waals surface area contributed by atoms with Crippen LogP contribution < -0.4 is 5.32 Å². The molecule has 2 nitrogen and oxygen atoms in total. The molecule has 0 bridgehead atoms. The van der Waals surface area contributed by atoms with Crippen LogP contribution in [0.2, 0.25) is 0 Å². The van der Waals surface area contributed by atoms with Crippen molar-refractivity contribution >= 4 is 15.9 Å². The minimum absolute atomic E-state index is 0.159. The van der Waals surface area contributed by atoms with Gasteiger partial charge >= 0.3 is 0 Å². The molecule has 0 aliphatic rings. The fraction of sp³-hybridized carbons (Fsp3) is 0.455. The van der Waals surface area contributed by atoms with Gasteiger partial charge in [-0.05, 0) is 36.1 Å². The van der Waals surface area contributed by atoms with Crippen molar-refractivity contribution in [2.24, 2.45) is 0 Å². The van der Waals surface area contributed by atoms with E-state index in [1.54, 1.807) is 6.07 Å². The Labute approximate surface area is 98.6 Å². The fourth-order valence-corrected chi connectivity index (χ4v) is 1.75. The number of hydrogen-bond donors (Lipinski definition) is 1. The van der Waals surface area contributed by atoms with Crippen LogP contribution in [0.25, 0.3) is 0 Å². The van der Waals surface area contributed by atoms with Gasteiger partial charge in [0.25, 0.3) is 0 Å². The van der Waals surface area contributed by atoms with Gasteiger partial charge in [0, 0.05) is 25.2 Å². The lowest BCUT2D eigenvalue weighted by Gasteiger charge is -2.16. The second-order valence-electron chi connectivity index (χ2n) is 3.55. The Morgan fingerprint density at radius 1 is 1.47 bits per heavy atom. The zero-order valence-electron chi connectivity index (χ0n) is 9.06. The lowest BCUT2D eigenvalue weighted by molar-refractivity contribution is 0.322. The number of hydrogen-bond acceptors (Lipinski definition) is 2. The van der Waals surface area contributed by atoms with Crippen molar-refractivity contribution in [3.8, 4) is 0 Å². The van der Waals surface area contributed by atoms with Crippen molar-refractivity contribution in [3.05, 3.63) is 34.1 Å². The molecule has 1 rings (SSSR count). The third-order valence-corrected chi connectivity index (χ3v) is 2.83. The fourth-order valence-electron chi connectivity index (χ4n) is 1.34. The van der Waals surface area contributed by atoms with Crippen LogP contribution in [0.5, 0.6) is 0 Å². The third kappa shape index (κ3) is 3.89. The smallest absolute Gasteiger partial charge is 0.141 e. The third-order valence-electron chi connectivity index (χ3n) is 2.22. The maximum atomic E-state index is 13.6. The van der Waals surface area contributed by atoms with Gasteiger partial charge in [-0.3, -0.25) is 0 Å². The average Bonchev–Trinajstić information content (AvgIpc) is 2.22. The molecular weight excluding hydrogens is 259 g/mol. The normalized spacial score (nSPS) is 11.0. The van der Waals surface area contributed by atoms with E-state index in [-0.39, 0.29) is 5.82 Å². The number of nitrogens with one attached hydrogen (secondary N) is 1. The van der Waals surface area contributed by atoms with Gasteiger partial charge in [-0.15, -0.1) is 0 Å². The molecule has 0 atom stereocenters. The molecule has 0 unspecified atom stereocenters. The predicted octanol–water partition coefficient (Wildman–Crippen LogP) is 2.24. The van der Waals surface area contributed by atoms with Gasteiger partial charge in [0.1, 0.15) is 5.82 Å². The number of likely N-dealkylation sites (N-methyl/N-ethyl adjacent to an activating group) is 2. The van der Waals surface area contributed by atoms with E-state index in [2.05, 4.69) is 26.1 Å². The van der Waals surface area contributed by atoms with Crippen LogP contribution in [0.3, 0.4) is 0 Å². The summed E-state index contributed by atoms with van der Waals surface area (Å²) in [6.07, 6.45) is 0. The van der Waals surface area contributed by atoms with Gasteiger partial charge in [-0.1, -0.05) is 12.1 Å². The van der Waals surface area contributed by atoms with Crippen molar-refractivity contribution < 1.29 is 4.39 Å². The quantitative estimate of drug-likeness (QED) is 0.886. The minimum Gasteiger partial charge on any atom is -0.318 e. The molecule has 1 N–H and O–H groups in total. The summed E-state index contributed by atoms with van der Waals surface area (Å²) >= 11 is 3.18. The maximum absolute atomic E-state index is 13.6. The molecule has 0 fully saturated rings. The first-order chi connectivity index (χ1) is 7.15. The Kier molecular flexibility index (Phi) is 5.22. The van der Waals surface area contributed by atoms with E-state index in [1.165, 1.54) is 0 Å². The predicted molar refractivity (Wildman–Crippen MR) is 64.4 cm³/mol. The number of rotatable bonds is 5. The lowest BCUT2D eigenvalue weighted by Crippen LogP contribution is -2.27. The average molecular weight is 275 g/mol. The van der Waals surface area contributed by atoms with Crippen molar-refractivity contribution in [1.82, 2.24) is 10.2 Å². The Hall–Kier alpha value is -0.450. The van der Waals surface area contributed by atoms with Crippen LogP contribution in [0.15, 0.2) is 22.7 Å². The van der Waals surface area contributed by atoms with Gasteiger partial charge in [0.2, 0.25) is 0 Å². The highest BCUT2D eigenvalue weighted by Gasteiger charge is 2.07. The Bertz CT molecular complexity index is 317. The highest BCUT2D eigenvalue weighted by atomic mass is 79.9. The van der Waals surface area contributed by atoms with E-state index in [0.717, 1.165) is 18.7 Å². The van der Waals surface area contributed by atoms with Crippen molar-refractivity contribution in [2.75, 3.05) is 27.2 Å². The second-order valence-corrected chi connectivity index (χ2v) is 4.41. The Balaban J connectivity index is 2.60. The summed E-state index contributed by atoms with van der Waals surface area (Å²) in [5.74, 6) is -0.159. The highest BCUT2D eigenvalue weighted by Crippen LogP contribution is 2.19. The van der Waals surface area contributed by atoms with E-state index >= 15 is 0 Å². The van der Waals surface area contributed by atoms with Crippen molar-refractivity contribution in [2.45, 2.75) is 6.54 Å². The van der Waals surface area contributed by atoms with Crippen LogP contribution in [0.1, 0.15) is 5.56 Å². The number of halogens is 2. The van der Waals surface area contributed by atoms with E-state index in [1.807, 2.05) is 26.2 Å². The monoisotopic (exact) mass is 274 g/mol. The van der Waals surface area contributed by atoms with Crippen molar-refractivity contribution in [1.29, 1.82) is 0 Å². The molecule has 0 aliphatic carbocycles. The summed E-state index contributed by atoms with van der Waals surface area (Å²) < 4.78 is 14.1. The van der Waals surface area contributed by atoms with Crippen LogP contribution in [0.4, 0.5) is 4.39 Å². The van der Waals surface area contributed by atoms with Crippen molar-refractivity contribution in [3.63, 3.8) is 0 Å². The van der Waals surface area contributed by atoms with Crippen LogP contribution in [0, 0.1) is 5.82 Å². The first-order valence-corrected chi connectivity index (χ1v) is 5.70. The molecule has 0 heterocycles. The minimum atomic E-state index is -0.159. The van der Waals surface area contributed by atoms with Gasteiger partial charge in [0.15, 0.2) is 0 Å². The number of nitrogens with zero attached hydrogens (tertiary/aromatic N) is 1. The van der Waals surface area contributed by atoms with Crippen LogP contribution in [-0.4, -0.2) is 32.1 Å². The molecule has 0 aliphatic heterocycles. The van der Waals surface area contributed by atoms with E-state index < -0.39 is 0 Å². The van der Waals surface area contributed by atoms with E-state index in [0.29, 0.717) is 11.0 Å². The van der Waals surface area contributed by atoms with Gasteiger partial charge in [-0.25, -0.2) is 4.39 Å². The van der Waals surface area contributed by atoms with Gasteiger partial charge in [-0.2, -0.15) is 0 Å². The first kappa shape index (κ1) is 12.6. The molecule has 0 radical (unpaired) electrons. The zero-order valence-corrected chi connectivity index (χ0v) is 10.6. The van der Waals surface area contributed by atoms with Gasteiger partial charge in [0.05, 0.1) is 4.47 Å². The first-order valence-electron chi connectivity index (χ1n) is 4.91. The SMILES string of the molecule is CNCCN(C)Cc1cccc(Br)c1F. The summed E-state index contributed by atoms with van der Waals surface area (Å²) in [7, 11) is 3.89. The molecule has 0 aromatic heterocycles. The summed E-state index contributed by atoms with van der Waals surface area (Å²) in [6.45, 7) is 2.45. The molecular formula is C11H16BrFN2. The van der Waals surface area contributed by atoms with E-state index in [9.17, 15) is 4.39 Å². The molecule has 0 amide bonds. The summed E-state index contributed by atoms with van der Waals surface area (Å²) in [5, 5.41) is 3.07. The van der Waals surface area contributed by atoms with E-state index in [4.69, 9.17) is 0 Å².